The van der Waals surface area contributed by atoms with Gasteiger partial charge in [-0.3, -0.25) is 0 Å². The molecule has 2 atom stereocenters. The normalized spacial score (nSPS) is 21.2. The maximum atomic E-state index is 12.2. The molecule has 0 N–H and O–H groups in total. The molecule has 4 heteroatoms. The van der Waals surface area contributed by atoms with Gasteiger partial charge in [0.05, 0.1) is 13.2 Å². The summed E-state index contributed by atoms with van der Waals surface area (Å²) in [6, 6.07) is 0. The van der Waals surface area contributed by atoms with Crippen molar-refractivity contribution in [1.29, 1.82) is 0 Å². The fourth-order valence-electron chi connectivity index (χ4n) is 2.74. The molecule has 1 rings (SSSR count). The molecular weight excluding hydrogens is 268 g/mol. The van der Waals surface area contributed by atoms with Gasteiger partial charge in [-0.15, -0.1) is 5.73 Å². The summed E-state index contributed by atoms with van der Waals surface area (Å²) in [7, 11) is 0. The van der Waals surface area contributed by atoms with Crippen LogP contribution in [-0.4, -0.2) is 25.2 Å². The zero-order valence-corrected chi connectivity index (χ0v) is 13.1. The molecule has 0 aromatic carbocycles. The van der Waals surface area contributed by atoms with Crippen molar-refractivity contribution < 1.29 is 19.1 Å². The first-order chi connectivity index (χ1) is 10.1. The summed E-state index contributed by atoms with van der Waals surface area (Å²) in [6.45, 7) is 9.61. The van der Waals surface area contributed by atoms with Gasteiger partial charge in [0.25, 0.3) is 0 Å². The lowest BCUT2D eigenvalue weighted by molar-refractivity contribution is -0.146. The Balaban J connectivity index is 3.30. The van der Waals surface area contributed by atoms with Crippen LogP contribution in [0.1, 0.15) is 40.0 Å². The minimum Gasteiger partial charge on any atom is -0.462 e. The number of hydrogen-bond donors (Lipinski definition) is 0. The van der Waals surface area contributed by atoms with E-state index in [0.717, 1.165) is 18.4 Å². The van der Waals surface area contributed by atoms with E-state index in [1.54, 1.807) is 13.8 Å². The number of rotatable bonds is 5. The Hall–Kier alpha value is -1.80. The first-order valence-corrected chi connectivity index (χ1v) is 7.49. The smallest absolute Gasteiger partial charge is 0.345 e. The van der Waals surface area contributed by atoms with Crippen molar-refractivity contribution in [3.8, 4) is 0 Å². The lowest BCUT2D eigenvalue weighted by Gasteiger charge is -2.30. The predicted octanol–water partition coefficient (Wildman–Crippen LogP) is 3.19. The van der Waals surface area contributed by atoms with Crippen LogP contribution in [0.4, 0.5) is 0 Å². The van der Waals surface area contributed by atoms with Crippen molar-refractivity contribution in [1.82, 2.24) is 0 Å². The summed E-state index contributed by atoms with van der Waals surface area (Å²) >= 11 is 0. The predicted molar refractivity (Wildman–Crippen MR) is 80.5 cm³/mol. The Morgan fingerprint density at radius 1 is 1.29 bits per heavy atom. The zero-order chi connectivity index (χ0) is 15.8. The second kappa shape index (κ2) is 8.48. The molecule has 0 spiro atoms. The van der Waals surface area contributed by atoms with Crippen LogP contribution in [0.5, 0.6) is 0 Å². The van der Waals surface area contributed by atoms with Gasteiger partial charge in [-0.2, -0.15) is 0 Å². The number of allylic oxidation sites excluding steroid dienone is 2. The Morgan fingerprint density at radius 2 is 1.86 bits per heavy atom. The van der Waals surface area contributed by atoms with Crippen molar-refractivity contribution in [2.24, 2.45) is 11.8 Å². The third-order valence-electron chi connectivity index (χ3n) is 3.70. The van der Waals surface area contributed by atoms with Crippen molar-refractivity contribution in [3.63, 3.8) is 0 Å². The molecule has 1 saturated carbocycles. The second-order valence-electron chi connectivity index (χ2n) is 5.11. The van der Waals surface area contributed by atoms with Crippen LogP contribution >= 0.6 is 0 Å². The van der Waals surface area contributed by atoms with E-state index in [1.807, 2.05) is 6.08 Å². The lowest BCUT2D eigenvalue weighted by Crippen LogP contribution is -2.26. The molecule has 0 aliphatic heterocycles. The van der Waals surface area contributed by atoms with Crippen molar-refractivity contribution >= 4 is 11.9 Å². The third-order valence-corrected chi connectivity index (χ3v) is 3.70. The van der Waals surface area contributed by atoms with E-state index in [4.69, 9.17) is 9.47 Å². The molecular formula is C17H24O4. The van der Waals surface area contributed by atoms with Crippen molar-refractivity contribution in [2.75, 3.05) is 13.2 Å². The minimum atomic E-state index is -0.595. The standard InChI is InChI=1S/C17H24O4/c1-5-9-13-12(4)10-8-11-14(13)15(16(18)20-6-2)17(19)21-7-3/h9,12-13H,1,6-8,10-11H2,2-4H3. The van der Waals surface area contributed by atoms with Gasteiger partial charge in [0.1, 0.15) is 5.57 Å². The summed E-state index contributed by atoms with van der Waals surface area (Å²) in [5.74, 6) is -0.869. The second-order valence-corrected chi connectivity index (χ2v) is 5.11. The topological polar surface area (TPSA) is 52.6 Å². The monoisotopic (exact) mass is 292 g/mol. The molecule has 0 radical (unpaired) electrons. The van der Waals surface area contributed by atoms with E-state index < -0.39 is 11.9 Å². The summed E-state index contributed by atoms with van der Waals surface area (Å²) in [5.41, 5.74) is 3.63. The van der Waals surface area contributed by atoms with Crippen LogP contribution in [0, 0.1) is 11.8 Å². The highest BCUT2D eigenvalue weighted by Gasteiger charge is 2.33. The van der Waals surface area contributed by atoms with Crippen molar-refractivity contribution in [2.45, 2.75) is 40.0 Å². The lowest BCUT2D eigenvalue weighted by atomic mass is 9.75. The van der Waals surface area contributed by atoms with Crippen LogP contribution in [0.15, 0.2) is 29.5 Å². The number of carbonyl (C=O) groups excluding carboxylic acids is 2. The van der Waals surface area contributed by atoms with Gasteiger partial charge in [0.2, 0.25) is 0 Å². The summed E-state index contributed by atoms with van der Waals surface area (Å²) in [5, 5.41) is 0. The fourth-order valence-corrected chi connectivity index (χ4v) is 2.74. The number of carbonyl (C=O) groups is 2. The van der Waals surface area contributed by atoms with Crippen LogP contribution in [-0.2, 0) is 19.1 Å². The van der Waals surface area contributed by atoms with Crippen LogP contribution in [0.25, 0.3) is 0 Å². The summed E-state index contributed by atoms with van der Waals surface area (Å²) < 4.78 is 10.1. The van der Waals surface area contributed by atoms with Gasteiger partial charge in [-0.05, 0) is 50.7 Å². The summed E-state index contributed by atoms with van der Waals surface area (Å²) in [4.78, 5) is 24.4. The molecule has 116 valence electrons. The van der Waals surface area contributed by atoms with E-state index in [-0.39, 0.29) is 24.7 Å². The van der Waals surface area contributed by atoms with E-state index in [2.05, 4.69) is 19.2 Å². The van der Waals surface area contributed by atoms with Gasteiger partial charge in [0, 0.05) is 5.92 Å². The molecule has 4 nitrogen and oxygen atoms in total. The Labute approximate surface area is 126 Å². The zero-order valence-electron chi connectivity index (χ0n) is 13.1. The Morgan fingerprint density at radius 3 is 2.33 bits per heavy atom. The van der Waals surface area contributed by atoms with Crippen LogP contribution in [0.3, 0.4) is 0 Å². The SMILES string of the molecule is C=C=CC1C(=C(C(=O)OCC)C(=O)OCC)CCCC1C. The summed E-state index contributed by atoms with van der Waals surface area (Å²) in [6.07, 6.45) is 4.52. The highest BCUT2D eigenvalue weighted by atomic mass is 16.6. The van der Waals surface area contributed by atoms with Crippen molar-refractivity contribution in [3.05, 3.63) is 29.5 Å². The molecule has 1 aliphatic carbocycles. The van der Waals surface area contributed by atoms with Gasteiger partial charge in [-0.25, -0.2) is 9.59 Å². The van der Waals surface area contributed by atoms with Crippen LogP contribution < -0.4 is 0 Å². The molecule has 21 heavy (non-hydrogen) atoms. The largest absolute Gasteiger partial charge is 0.462 e. The third kappa shape index (κ3) is 4.33. The molecule has 0 aromatic rings. The molecule has 0 heterocycles. The molecule has 0 aromatic heterocycles. The van der Waals surface area contributed by atoms with Gasteiger partial charge < -0.3 is 9.47 Å². The quantitative estimate of drug-likeness (QED) is 0.257. The molecule has 2 unspecified atom stereocenters. The van der Waals surface area contributed by atoms with E-state index in [9.17, 15) is 9.59 Å². The molecule has 0 amide bonds. The number of esters is 2. The molecule has 1 aliphatic rings. The highest BCUT2D eigenvalue weighted by Crippen LogP contribution is 2.37. The first kappa shape index (κ1) is 17.3. The molecule has 1 fully saturated rings. The Kier molecular flexibility index (Phi) is 6.97. The Bertz CT molecular complexity index is 449. The van der Waals surface area contributed by atoms with Gasteiger partial charge in [0.15, 0.2) is 0 Å². The molecule has 0 saturated heterocycles. The maximum absolute atomic E-state index is 12.2. The van der Waals surface area contributed by atoms with E-state index in [0.29, 0.717) is 12.3 Å². The van der Waals surface area contributed by atoms with E-state index in [1.165, 1.54) is 0 Å². The van der Waals surface area contributed by atoms with E-state index >= 15 is 0 Å². The van der Waals surface area contributed by atoms with Gasteiger partial charge >= 0.3 is 11.9 Å². The minimum absolute atomic E-state index is 0.0138. The average molecular weight is 292 g/mol. The first-order valence-electron chi connectivity index (χ1n) is 7.49. The van der Waals surface area contributed by atoms with Crippen LogP contribution in [0.2, 0.25) is 0 Å². The molecule has 0 bridgehead atoms. The number of hydrogen-bond acceptors (Lipinski definition) is 4. The highest BCUT2D eigenvalue weighted by molar-refractivity contribution is 6.14. The fraction of sp³-hybridized carbons (Fsp3) is 0.588. The van der Waals surface area contributed by atoms with Gasteiger partial charge in [-0.1, -0.05) is 13.5 Å². The average Bonchev–Trinajstić information content (AvgIpc) is 2.43. The number of ether oxygens (including phenoxy) is 2. The maximum Gasteiger partial charge on any atom is 0.345 e.